The fourth-order valence-corrected chi connectivity index (χ4v) is 2.80. The SMILES string of the molecule is CN1CCN(C2CCCC(NO)C2)CC1. The molecule has 2 fully saturated rings. The molecule has 88 valence electrons. The third-order valence-electron chi connectivity index (χ3n) is 3.88. The highest BCUT2D eigenvalue weighted by Crippen LogP contribution is 2.23. The summed E-state index contributed by atoms with van der Waals surface area (Å²) in [6.45, 7) is 4.76. The second kappa shape index (κ2) is 5.25. The van der Waals surface area contributed by atoms with Crippen LogP contribution in [0.4, 0.5) is 0 Å². The fourth-order valence-electron chi connectivity index (χ4n) is 2.80. The van der Waals surface area contributed by atoms with Gasteiger partial charge in [0.1, 0.15) is 0 Å². The molecule has 4 nitrogen and oxygen atoms in total. The summed E-state index contributed by atoms with van der Waals surface area (Å²) in [5.41, 5.74) is 2.44. The monoisotopic (exact) mass is 213 g/mol. The van der Waals surface area contributed by atoms with Gasteiger partial charge in [-0.15, -0.1) is 0 Å². The summed E-state index contributed by atoms with van der Waals surface area (Å²) in [4.78, 5) is 4.99. The summed E-state index contributed by atoms with van der Waals surface area (Å²) in [6, 6.07) is 1.01. The topological polar surface area (TPSA) is 38.7 Å². The van der Waals surface area contributed by atoms with E-state index >= 15 is 0 Å². The summed E-state index contributed by atoms with van der Waals surface area (Å²) in [6.07, 6.45) is 4.79. The summed E-state index contributed by atoms with van der Waals surface area (Å²) in [5.74, 6) is 0. The first-order valence-electron chi connectivity index (χ1n) is 6.12. The van der Waals surface area contributed by atoms with Crippen molar-refractivity contribution in [2.24, 2.45) is 0 Å². The van der Waals surface area contributed by atoms with Gasteiger partial charge < -0.3 is 10.1 Å². The molecule has 0 bridgehead atoms. The number of piperazine rings is 1. The zero-order chi connectivity index (χ0) is 10.7. The van der Waals surface area contributed by atoms with Crippen LogP contribution in [0.3, 0.4) is 0 Å². The lowest BCUT2D eigenvalue weighted by Crippen LogP contribution is -2.51. The second-order valence-electron chi connectivity index (χ2n) is 4.99. The Hall–Kier alpha value is -0.160. The van der Waals surface area contributed by atoms with E-state index in [-0.39, 0.29) is 0 Å². The van der Waals surface area contributed by atoms with E-state index in [2.05, 4.69) is 22.3 Å². The van der Waals surface area contributed by atoms with Gasteiger partial charge in [0.25, 0.3) is 0 Å². The molecule has 0 radical (unpaired) electrons. The second-order valence-corrected chi connectivity index (χ2v) is 4.99. The lowest BCUT2D eigenvalue weighted by atomic mass is 9.90. The van der Waals surface area contributed by atoms with Gasteiger partial charge in [-0.05, 0) is 26.3 Å². The lowest BCUT2D eigenvalue weighted by molar-refractivity contribution is 0.0484. The lowest BCUT2D eigenvalue weighted by Gasteiger charge is -2.41. The van der Waals surface area contributed by atoms with Crippen LogP contribution in [0.1, 0.15) is 25.7 Å². The molecule has 1 heterocycles. The Morgan fingerprint density at radius 3 is 2.53 bits per heavy atom. The smallest absolute Gasteiger partial charge is 0.0334 e. The highest BCUT2D eigenvalue weighted by atomic mass is 16.5. The van der Waals surface area contributed by atoms with Gasteiger partial charge in [-0.1, -0.05) is 6.42 Å². The molecule has 4 heteroatoms. The molecule has 2 aliphatic rings. The third-order valence-corrected chi connectivity index (χ3v) is 3.88. The van der Waals surface area contributed by atoms with Gasteiger partial charge in [-0.25, -0.2) is 5.48 Å². The fraction of sp³-hybridized carbons (Fsp3) is 1.00. The van der Waals surface area contributed by atoms with Crippen molar-refractivity contribution in [2.75, 3.05) is 33.2 Å². The van der Waals surface area contributed by atoms with Gasteiger partial charge >= 0.3 is 0 Å². The molecule has 1 saturated carbocycles. The number of likely N-dealkylation sites (N-methyl/N-ethyl adjacent to an activating group) is 1. The molecule has 2 N–H and O–H groups in total. The minimum absolute atomic E-state index is 0.323. The van der Waals surface area contributed by atoms with Crippen molar-refractivity contribution in [3.8, 4) is 0 Å². The molecule has 0 spiro atoms. The average molecular weight is 213 g/mol. The van der Waals surface area contributed by atoms with E-state index in [1.165, 1.54) is 39.0 Å². The highest BCUT2D eigenvalue weighted by molar-refractivity contribution is 4.84. The average Bonchev–Trinajstić information content (AvgIpc) is 2.30. The standard InChI is InChI=1S/C11H23N3O/c1-13-5-7-14(8-6-13)11-4-2-3-10(9-11)12-15/h10-12,15H,2-9H2,1H3. The summed E-state index contributed by atoms with van der Waals surface area (Å²) in [5, 5.41) is 8.97. The Kier molecular flexibility index (Phi) is 3.97. The maximum absolute atomic E-state index is 8.97. The van der Waals surface area contributed by atoms with Gasteiger partial charge in [0.05, 0.1) is 0 Å². The normalized spacial score (nSPS) is 35.6. The maximum Gasteiger partial charge on any atom is 0.0334 e. The van der Waals surface area contributed by atoms with Gasteiger partial charge in [0.2, 0.25) is 0 Å². The van der Waals surface area contributed by atoms with Crippen LogP contribution in [0, 0.1) is 0 Å². The van der Waals surface area contributed by atoms with E-state index in [0.29, 0.717) is 12.1 Å². The Bertz CT molecular complexity index is 192. The number of hydroxylamine groups is 1. The van der Waals surface area contributed by atoms with Crippen molar-refractivity contribution in [3.05, 3.63) is 0 Å². The van der Waals surface area contributed by atoms with Crippen molar-refractivity contribution < 1.29 is 5.21 Å². The Morgan fingerprint density at radius 2 is 1.87 bits per heavy atom. The van der Waals surface area contributed by atoms with Crippen LogP contribution in [0.2, 0.25) is 0 Å². The molecule has 2 atom stereocenters. The summed E-state index contributed by atoms with van der Waals surface area (Å²) >= 11 is 0. The minimum atomic E-state index is 0.323. The molecule has 0 aromatic heterocycles. The van der Waals surface area contributed by atoms with Gasteiger partial charge in [0.15, 0.2) is 0 Å². The third kappa shape index (κ3) is 2.91. The number of nitrogens with zero attached hydrogens (tertiary/aromatic N) is 2. The molecule has 0 aromatic rings. The van der Waals surface area contributed by atoms with Crippen LogP contribution in [0.15, 0.2) is 0 Å². The summed E-state index contributed by atoms with van der Waals surface area (Å²) in [7, 11) is 2.19. The van der Waals surface area contributed by atoms with Crippen molar-refractivity contribution in [3.63, 3.8) is 0 Å². The Labute approximate surface area is 92.2 Å². The Morgan fingerprint density at radius 1 is 1.13 bits per heavy atom. The zero-order valence-electron chi connectivity index (χ0n) is 9.65. The highest BCUT2D eigenvalue weighted by Gasteiger charge is 2.27. The minimum Gasteiger partial charge on any atom is -0.317 e. The molecule has 15 heavy (non-hydrogen) atoms. The molecule has 2 unspecified atom stereocenters. The Balaban J connectivity index is 1.82. The van der Waals surface area contributed by atoms with Gasteiger partial charge in [-0.3, -0.25) is 4.90 Å². The van der Waals surface area contributed by atoms with Gasteiger partial charge in [-0.2, -0.15) is 0 Å². The van der Waals surface area contributed by atoms with E-state index in [0.717, 1.165) is 12.8 Å². The first-order chi connectivity index (χ1) is 7.29. The van der Waals surface area contributed by atoms with Crippen LogP contribution < -0.4 is 5.48 Å². The molecular weight excluding hydrogens is 190 g/mol. The van der Waals surface area contributed by atoms with E-state index in [1.54, 1.807) is 0 Å². The number of hydrogen-bond donors (Lipinski definition) is 2. The molecule has 1 aliphatic heterocycles. The molecule has 2 rings (SSSR count). The molecule has 1 saturated heterocycles. The van der Waals surface area contributed by atoms with Crippen molar-refractivity contribution in [1.29, 1.82) is 0 Å². The first-order valence-corrected chi connectivity index (χ1v) is 6.12. The van der Waals surface area contributed by atoms with E-state index in [1.807, 2.05) is 0 Å². The largest absolute Gasteiger partial charge is 0.317 e. The van der Waals surface area contributed by atoms with Crippen LogP contribution in [0.5, 0.6) is 0 Å². The van der Waals surface area contributed by atoms with E-state index in [4.69, 9.17) is 5.21 Å². The van der Waals surface area contributed by atoms with Crippen LogP contribution in [-0.4, -0.2) is 60.3 Å². The maximum atomic E-state index is 8.97. The van der Waals surface area contributed by atoms with Gasteiger partial charge in [0, 0.05) is 38.3 Å². The van der Waals surface area contributed by atoms with Crippen LogP contribution in [-0.2, 0) is 0 Å². The number of hydrogen-bond acceptors (Lipinski definition) is 4. The number of rotatable bonds is 2. The van der Waals surface area contributed by atoms with Crippen molar-refractivity contribution in [1.82, 2.24) is 15.3 Å². The van der Waals surface area contributed by atoms with Crippen LogP contribution >= 0.6 is 0 Å². The summed E-state index contributed by atoms with van der Waals surface area (Å²) < 4.78 is 0. The number of nitrogens with one attached hydrogen (secondary N) is 1. The predicted molar refractivity (Wildman–Crippen MR) is 60.0 cm³/mol. The van der Waals surface area contributed by atoms with Crippen LogP contribution in [0.25, 0.3) is 0 Å². The predicted octanol–water partition coefficient (Wildman–Crippen LogP) is 0.524. The van der Waals surface area contributed by atoms with Crippen molar-refractivity contribution in [2.45, 2.75) is 37.8 Å². The molecule has 1 aliphatic carbocycles. The first kappa shape index (κ1) is 11.3. The quantitative estimate of drug-likeness (QED) is 0.656. The molecular formula is C11H23N3O. The zero-order valence-corrected chi connectivity index (χ0v) is 9.65. The van der Waals surface area contributed by atoms with E-state index < -0.39 is 0 Å². The molecule has 0 amide bonds. The molecule has 0 aromatic carbocycles. The van der Waals surface area contributed by atoms with Crippen molar-refractivity contribution >= 4 is 0 Å². The van der Waals surface area contributed by atoms with E-state index in [9.17, 15) is 0 Å².